The van der Waals surface area contributed by atoms with Crippen LogP contribution in [0.4, 0.5) is 0 Å². The molecule has 0 bridgehead atoms. The molecule has 3 fully saturated rings. The van der Waals surface area contributed by atoms with E-state index in [1.54, 1.807) is 13.0 Å². The Hall–Kier alpha value is -2.59. The molecule has 0 aromatic heterocycles. The summed E-state index contributed by atoms with van der Waals surface area (Å²) in [4.78, 5) is 39.1. The lowest BCUT2D eigenvalue weighted by atomic mass is 9.42. The number of fused-ring (bicyclic) bond motifs is 5. The van der Waals surface area contributed by atoms with Gasteiger partial charge in [0.15, 0.2) is 5.78 Å². The smallest absolute Gasteiger partial charge is 0.331 e. The summed E-state index contributed by atoms with van der Waals surface area (Å²) in [5, 5.41) is 37.1. The molecule has 1 unspecified atom stereocenters. The Morgan fingerprint density at radius 2 is 1.74 bits per heavy atom. The van der Waals surface area contributed by atoms with Crippen LogP contribution in [-0.2, 0) is 23.9 Å². The van der Waals surface area contributed by atoms with Crippen molar-refractivity contribution in [3.8, 4) is 0 Å². The molecular weight excluding hydrogens is 652 g/mol. The van der Waals surface area contributed by atoms with E-state index in [2.05, 4.69) is 22.9 Å². The van der Waals surface area contributed by atoms with Crippen molar-refractivity contribution in [3.05, 3.63) is 63.7 Å². The number of ketones is 1. The number of carbonyl (C=O) groups excluding carboxylic acids is 3. The second kappa shape index (κ2) is 12.1. The summed E-state index contributed by atoms with van der Waals surface area (Å²) in [5.74, 6) is -2.00. The zero-order valence-corrected chi connectivity index (χ0v) is 29.2. The number of ether oxygens (including phenoxy) is 2. The lowest BCUT2D eigenvalue weighted by Gasteiger charge is -2.67. The lowest BCUT2D eigenvalue weighted by Crippen LogP contribution is -2.78. The highest BCUT2D eigenvalue weighted by atomic mass is 79.9. The number of hydrogen-bond acceptors (Lipinski definition) is 8. The van der Waals surface area contributed by atoms with Gasteiger partial charge >= 0.3 is 11.9 Å². The molecule has 0 heterocycles. The van der Waals surface area contributed by atoms with E-state index in [9.17, 15) is 29.7 Å². The largest absolute Gasteiger partial charge is 0.459 e. The van der Waals surface area contributed by atoms with Crippen molar-refractivity contribution in [1.82, 2.24) is 0 Å². The van der Waals surface area contributed by atoms with E-state index in [0.29, 0.717) is 19.3 Å². The molecule has 3 N–H and O–H groups in total. The topological polar surface area (TPSA) is 130 Å². The monoisotopic (exact) mass is 698 g/mol. The van der Waals surface area contributed by atoms with E-state index in [-0.39, 0.29) is 37.7 Å². The molecule has 0 aliphatic heterocycles. The van der Waals surface area contributed by atoms with Gasteiger partial charge in [-0.15, -0.1) is 0 Å². The molecule has 250 valence electrons. The molecule has 8 nitrogen and oxygen atoms in total. The van der Waals surface area contributed by atoms with E-state index < -0.39 is 57.4 Å². The minimum absolute atomic E-state index is 0.0225. The zero-order chi connectivity index (χ0) is 33.9. The summed E-state index contributed by atoms with van der Waals surface area (Å²) in [6.45, 7) is 10.7. The lowest BCUT2D eigenvalue weighted by molar-refractivity contribution is -0.314. The predicted molar refractivity (Wildman–Crippen MR) is 177 cm³/mol. The number of benzene rings is 1. The Morgan fingerprint density at radius 3 is 2.39 bits per heavy atom. The van der Waals surface area contributed by atoms with Gasteiger partial charge in [-0.1, -0.05) is 66.1 Å². The Kier molecular flexibility index (Phi) is 9.16. The SMILES string of the molecule is CC(=O)[C@]1(O)CC[C@@]2(O)[C@]1(C)[C@H](OC(=O)/C=C(\C)C(C)C)CC1[C@@]3(C)CC[C@H](OC(=O)/C=C/c4cccc(Br)c4)CC3=CC[C@]12O. The fraction of sp³-hybridized carbons (Fsp3) is 0.595. The van der Waals surface area contributed by atoms with Gasteiger partial charge in [0.05, 0.1) is 5.41 Å². The molecule has 0 saturated heterocycles. The minimum Gasteiger partial charge on any atom is -0.459 e. The van der Waals surface area contributed by atoms with E-state index in [0.717, 1.165) is 21.2 Å². The second-order valence-electron chi connectivity index (χ2n) is 14.7. The summed E-state index contributed by atoms with van der Waals surface area (Å²) in [7, 11) is 0. The van der Waals surface area contributed by atoms with Crippen LogP contribution in [0.5, 0.6) is 0 Å². The number of esters is 2. The molecule has 5 rings (SSSR count). The fourth-order valence-corrected chi connectivity index (χ4v) is 9.38. The van der Waals surface area contributed by atoms with Crippen LogP contribution in [0.3, 0.4) is 0 Å². The number of Topliss-reactive ketones (excluding diaryl/α,β-unsaturated/α-hetero) is 1. The third kappa shape index (κ3) is 5.35. The molecule has 0 spiro atoms. The van der Waals surface area contributed by atoms with Crippen molar-refractivity contribution in [2.45, 2.75) is 115 Å². The Morgan fingerprint density at radius 1 is 1.02 bits per heavy atom. The van der Waals surface area contributed by atoms with Gasteiger partial charge in [0.25, 0.3) is 0 Å². The fourth-order valence-electron chi connectivity index (χ4n) is 8.96. The number of rotatable bonds is 7. The molecule has 0 radical (unpaired) electrons. The highest BCUT2D eigenvalue weighted by Gasteiger charge is 2.81. The highest BCUT2D eigenvalue weighted by molar-refractivity contribution is 9.10. The van der Waals surface area contributed by atoms with Gasteiger partial charge in [-0.25, -0.2) is 9.59 Å². The maximum absolute atomic E-state index is 13.3. The molecular formula is C37H47BrO8. The maximum Gasteiger partial charge on any atom is 0.331 e. The number of allylic oxidation sites excluding steroid dienone is 1. The van der Waals surface area contributed by atoms with Crippen LogP contribution in [0.2, 0.25) is 0 Å². The van der Waals surface area contributed by atoms with Crippen molar-refractivity contribution in [2.24, 2.45) is 22.7 Å². The van der Waals surface area contributed by atoms with Crippen LogP contribution < -0.4 is 0 Å². The van der Waals surface area contributed by atoms with Gasteiger partial charge in [0, 0.05) is 29.0 Å². The average Bonchev–Trinajstić information content (AvgIpc) is 3.22. The van der Waals surface area contributed by atoms with E-state index in [1.165, 1.54) is 19.1 Å². The first kappa shape index (κ1) is 34.7. The zero-order valence-electron chi connectivity index (χ0n) is 27.6. The van der Waals surface area contributed by atoms with Crippen molar-refractivity contribution in [3.63, 3.8) is 0 Å². The number of carbonyl (C=O) groups is 3. The van der Waals surface area contributed by atoms with Crippen LogP contribution in [0, 0.1) is 22.7 Å². The molecule has 4 aliphatic rings. The van der Waals surface area contributed by atoms with E-state index >= 15 is 0 Å². The van der Waals surface area contributed by atoms with Crippen LogP contribution >= 0.6 is 15.9 Å². The molecule has 8 atom stereocenters. The number of aliphatic hydroxyl groups is 3. The minimum atomic E-state index is -2.00. The van der Waals surface area contributed by atoms with Crippen LogP contribution in [0.15, 0.2) is 58.1 Å². The summed E-state index contributed by atoms with van der Waals surface area (Å²) in [6, 6.07) is 7.60. The first-order chi connectivity index (χ1) is 21.4. The molecule has 1 aromatic rings. The van der Waals surface area contributed by atoms with Crippen LogP contribution in [0.1, 0.15) is 92.1 Å². The standard InChI is InChI=1S/C37H47BrO8/c1-22(2)23(3)18-32(41)46-30-21-29-33(5)14-13-28(45-31(40)11-10-25-8-7-9-27(38)19-25)20-26(33)12-15-36(29,43)37(44)17-16-35(42,24(4)39)34(30,37)6/h7-12,18-19,22,28-30,42-44H,13-17,20-21H2,1-6H3/b11-10+,23-18+/t28-,29?,30+,33-,34+,35+,36-,37+/m0/s1. The highest BCUT2D eigenvalue weighted by Crippen LogP contribution is 2.71. The Balaban J connectivity index is 1.44. The molecule has 0 amide bonds. The maximum atomic E-state index is 13.3. The van der Waals surface area contributed by atoms with Crippen molar-refractivity contribution < 1.29 is 39.2 Å². The van der Waals surface area contributed by atoms with Crippen molar-refractivity contribution >= 4 is 39.7 Å². The summed E-state index contributed by atoms with van der Waals surface area (Å²) >= 11 is 3.43. The number of halogens is 1. The van der Waals surface area contributed by atoms with Crippen molar-refractivity contribution in [2.75, 3.05) is 0 Å². The quantitative estimate of drug-likeness (QED) is 0.179. The van der Waals surface area contributed by atoms with Gasteiger partial charge in [-0.3, -0.25) is 4.79 Å². The molecule has 46 heavy (non-hydrogen) atoms. The Labute approximate surface area is 280 Å². The average molecular weight is 700 g/mol. The third-order valence-electron chi connectivity index (χ3n) is 12.2. The molecule has 1 aromatic carbocycles. The first-order valence-electron chi connectivity index (χ1n) is 16.3. The van der Waals surface area contributed by atoms with Gasteiger partial charge in [0.2, 0.25) is 0 Å². The van der Waals surface area contributed by atoms with Gasteiger partial charge < -0.3 is 24.8 Å². The first-order valence-corrected chi connectivity index (χ1v) is 17.1. The number of hydrogen-bond donors (Lipinski definition) is 3. The molecule has 9 heteroatoms. The normalized spacial score (nSPS) is 38.9. The summed E-state index contributed by atoms with van der Waals surface area (Å²) in [6.07, 6.45) is 6.86. The van der Waals surface area contributed by atoms with Crippen molar-refractivity contribution in [1.29, 1.82) is 0 Å². The van der Waals surface area contributed by atoms with E-state index in [1.807, 2.05) is 51.1 Å². The van der Waals surface area contributed by atoms with Gasteiger partial charge in [-0.2, -0.15) is 0 Å². The summed E-state index contributed by atoms with van der Waals surface area (Å²) < 4.78 is 12.9. The predicted octanol–water partition coefficient (Wildman–Crippen LogP) is 6.01. The molecule has 4 aliphatic carbocycles. The second-order valence-corrected chi connectivity index (χ2v) is 15.6. The summed E-state index contributed by atoms with van der Waals surface area (Å²) in [5.41, 5.74) is -5.15. The molecule has 3 saturated carbocycles. The van der Waals surface area contributed by atoms with E-state index in [4.69, 9.17) is 9.47 Å². The van der Waals surface area contributed by atoms with Crippen LogP contribution in [-0.4, -0.2) is 62.1 Å². The van der Waals surface area contributed by atoms with Crippen LogP contribution in [0.25, 0.3) is 6.08 Å². The van der Waals surface area contributed by atoms with Gasteiger partial charge in [-0.05, 0) is 94.4 Å². The Bertz CT molecular complexity index is 1510. The third-order valence-corrected chi connectivity index (χ3v) is 12.7. The van der Waals surface area contributed by atoms with Gasteiger partial charge in [0.1, 0.15) is 29.0 Å².